The van der Waals surface area contributed by atoms with Crippen LogP contribution in [0.4, 0.5) is 5.13 Å². The topological polar surface area (TPSA) is 59.5 Å². The lowest BCUT2D eigenvalue weighted by Gasteiger charge is -2.14. The van der Waals surface area contributed by atoms with E-state index in [0.717, 1.165) is 31.2 Å². The Morgan fingerprint density at radius 2 is 2.44 bits per heavy atom. The van der Waals surface area contributed by atoms with E-state index in [0.29, 0.717) is 6.10 Å². The predicted molar refractivity (Wildman–Crippen MR) is 59.4 cm³/mol. The molecule has 2 heterocycles. The zero-order valence-electron chi connectivity index (χ0n) is 9.09. The lowest BCUT2D eigenvalue weighted by molar-refractivity contribution is -0.191. The quantitative estimate of drug-likeness (QED) is 0.796. The van der Waals surface area contributed by atoms with Gasteiger partial charge in [0, 0.05) is 31.3 Å². The molecule has 0 N–H and O–H groups in total. The minimum atomic E-state index is 0.250. The van der Waals surface area contributed by atoms with E-state index in [1.165, 1.54) is 0 Å². The number of anilines is 1. The van der Waals surface area contributed by atoms with E-state index in [9.17, 15) is 0 Å². The van der Waals surface area contributed by atoms with Crippen molar-refractivity contribution in [1.29, 1.82) is 0 Å². The van der Waals surface area contributed by atoms with Crippen LogP contribution in [0.15, 0.2) is 11.6 Å². The minimum Gasteiger partial charge on any atom is -0.377 e. The van der Waals surface area contributed by atoms with Gasteiger partial charge in [0.05, 0.1) is 6.10 Å². The summed E-state index contributed by atoms with van der Waals surface area (Å²) in [5.74, 6) is 0. The van der Waals surface area contributed by atoms with Crippen molar-refractivity contribution in [2.24, 2.45) is 0 Å². The molecule has 0 bridgehead atoms. The van der Waals surface area contributed by atoms with Crippen molar-refractivity contribution in [2.45, 2.75) is 19.4 Å². The van der Waals surface area contributed by atoms with Crippen molar-refractivity contribution in [1.82, 2.24) is 4.98 Å². The average Bonchev–Trinajstić information content (AvgIpc) is 2.87. The van der Waals surface area contributed by atoms with Crippen LogP contribution >= 0.6 is 11.3 Å². The van der Waals surface area contributed by atoms with Gasteiger partial charge in [0.2, 0.25) is 0 Å². The van der Waals surface area contributed by atoms with E-state index >= 15 is 0 Å². The summed E-state index contributed by atoms with van der Waals surface area (Å²) in [4.78, 5) is 22.8. The largest absolute Gasteiger partial charge is 0.377 e. The summed E-state index contributed by atoms with van der Waals surface area (Å²) >= 11 is 1.70. The first-order valence-corrected chi connectivity index (χ1v) is 5.95. The fourth-order valence-electron chi connectivity index (χ4n) is 1.65. The van der Waals surface area contributed by atoms with E-state index in [4.69, 9.17) is 14.3 Å². The van der Waals surface area contributed by atoms with Gasteiger partial charge in [0.15, 0.2) is 5.13 Å². The molecule has 1 aromatic heterocycles. The van der Waals surface area contributed by atoms with E-state index in [1.807, 2.05) is 18.5 Å². The first kappa shape index (κ1) is 12.8. The average molecular weight is 242 g/mol. The summed E-state index contributed by atoms with van der Waals surface area (Å²) in [6, 6.07) is 0. The Bertz CT molecular complexity index is 323. The third-order valence-electron chi connectivity index (χ3n) is 2.24. The van der Waals surface area contributed by atoms with Crippen LogP contribution in [0, 0.1) is 0 Å². The second kappa shape index (κ2) is 7.11. The van der Waals surface area contributed by atoms with Crippen LogP contribution in [0.25, 0.3) is 0 Å². The van der Waals surface area contributed by atoms with Crippen LogP contribution in [0.3, 0.4) is 0 Å². The van der Waals surface area contributed by atoms with Gasteiger partial charge in [-0.15, -0.1) is 11.3 Å². The molecule has 5 nitrogen and oxygen atoms in total. The molecule has 1 atom stereocenters. The van der Waals surface area contributed by atoms with Crippen LogP contribution in [0.2, 0.25) is 0 Å². The molecule has 1 fully saturated rings. The molecule has 1 aliphatic heterocycles. The van der Waals surface area contributed by atoms with Crippen molar-refractivity contribution in [3.05, 3.63) is 11.6 Å². The Morgan fingerprint density at radius 1 is 1.69 bits per heavy atom. The molecule has 0 saturated carbocycles. The maximum Gasteiger partial charge on any atom is 0.373 e. The summed E-state index contributed by atoms with van der Waals surface area (Å²) in [7, 11) is 0. The first-order chi connectivity index (χ1) is 7.81. The van der Waals surface area contributed by atoms with Crippen molar-refractivity contribution >= 4 is 22.6 Å². The van der Waals surface area contributed by atoms with E-state index in [1.54, 1.807) is 11.3 Å². The fraction of sp³-hybridized carbons (Fsp3) is 0.600. The molecule has 1 aliphatic rings. The van der Waals surface area contributed by atoms with Gasteiger partial charge in [0.25, 0.3) is 0 Å². The number of carbonyl (C=O) groups excluding carboxylic acids is 2. The Labute approximate surface area is 98.0 Å². The standard InChI is InChI=1S/C9H14N2OS.CO2/c1-2-12-8-3-5-11(7-8)9-10-4-6-13-9;2-1-3/h4,6,8H,2-3,5,7H2,1H3;/t8-;/m1./s1. The summed E-state index contributed by atoms with van der Waals surface area (Å²) in [6.07, 6.45) is 3.65. The molecule has 1 saturated heterocycles. The van der Waals surface area contributed by atoms with Gasteiger partial charge in [-0.25, -0.2) is 4.98 Å². The molecule has 0 spiro atoms. The second-order valence-corrected chi connectivity index (χ2v) is 4.08. The Balaban J connectivity index is 0.000000386. The van der Waals surface area contributed by atoms with Crippen molar-refractivity contribution in [2.75, 3.05) is 24.6 Å². The zero-order valence-corrected chi connectivity index (χ0v) is 9.90. The summed E-state index contributed by atoms with van der Waals surface area (Å²) in [5, 5.41) is 3.14. The molecule has 0 aromatic carbocycles. The third kappa shape index (κ3) is 3.73. The lowest BCUT2D eigenvalue weighted by Crippen LogP contribution is -2.22. The molecular formula is C10H14N2O3S. The van der Waals surface area contributed by atoms with E-state index < -0.39 is 0 Å². The van der Waals surface area contributed by atoms with Crippen LogP contribution < -0.4 is 4.90 Å². The number of hydrogen-bond acceptors (Lipinski definition) is 6. The van der Waals surface area contributed by atoms with Crippen LogP contribution in [0.5, 0.6) is 0 Å². The van der Waals surface area contributed by atoms with Gasteiger partial charge in [-0.05, 0) is 13.3 Å². The van der Waals surface area contributed by atoms with Gasteiger partial charge < -0.3 is 9.64 Å². The van der Waals surface area contributed by atoms with Crippen molar-refractivity contribution in [3.63, 3.8) is 0 Å². The van der Waals surface area contributed by atoms with Gasteiger partial charge in [-0.2, -0.15) is 9.59 Å². The van der Waals surface area contributed by atoms with E-state index in [-0.39, 0.29) is 6.15 Å². The maximum absolute atomic E-state index is 8.12. The molecule has 0 amide bonds. The molecule has 0 radical (unpaired) electrons. The molecule has 88 valence electrons. The van der Waals surface area contributed by atoms with Gasteiger partial charge in [-0.1, -0.05) is 0 Å². The molecule has 0 unspecified atom stereocenters. The molecule has 16 heavy (non-hydrogen) atoms. The normalized spacial score (nSPS) is 18.8. The first-order valence-electron chi connectivity index (χ1n) is 5.07. The molecule has 1 aromatic rings. The molecular weight excluding hydrogens is 228 g/mol. The third-order valence-corrected chi connectivity index (χ3v) is 3.07. The number of ether oxygens (including phenoxy) is 1. The van der Waals surface area contributed by atoms with E-state index in [2.05, 4.69) is 9.88 Å². The van der Waals surface area contributed by atoms with Crippen LogP contribution in [-0.2, 0) is 14.3 Å². The second-order valence-electron chi connectivity index (χ2n) is 3.21. The number of thiazole rings is 1. The maximum atomic E-state index is 8.12. The summed E-state index contributed by atoms with van der Waals surface area (Å²) < 4.78 is 5.57. The van der Waals surface area contributed by atoms with Crippen LogP contribution in [-0.4, -0.2) is 36.9 Å². The molecule has 2 rings (SSSR count). The highest BCUT2D eigenvalue weighted by Crippen LogP contribution is 2.23. The predicted octanol–water partition coefficient (Wildman–Crippen LogP) is 1.17. The van der Waals surface area contributed by atoms with Gasteiger partial charge in [0.1, 0.15) is 0 Å². The lowest BCUT2D eigenvalue weighted by atomic mass is 10.3. The molecule has 6 heteroatoms. The summed E-state index contributed by atoms with van der Waals surface area (Å²) in [6.45, 7) is 4.95. The highest BCUT2D eigenvalue weighted by atomic mass is 32.1. The Kier molecular flexibility index (Phi) is 5.71. The molecule has 0 aliphatic carbocycles. The Hall–Kier alpha value is -1.23. The highest BCUT2D eigenvalue weighted by Gasteiger charge is 2.23. The number of hydrogen-bond donors (Lipinski definition) is 0. The Morgan fingerprint density at radius 3 is 3.00 bits per heavy atom. The SMILES string of the molecule is CCO[C@@H]1CCN(c2nccs2)C1.O=C=O. The fourth-order valence-corrected chi connectivity index (χ4v) is 2.33. The smallest absolute Gasteiger partial charge is 0.373 e. The van der Waals surface area contributed by atoms with Gasteiger partial charge >= 0.3 is 6.15 Å². The summed E-state index contributed by atoms with van der Waals surface area (Å²) in [5.41, 5.74) is 0. The zero-order chi connectivity index (χ0) is 11.8. The monoisotopic (exact) mass is 242 g/mol. The number of nitrogens with zero attached hydrogens (tertiary/aromatic N) is 2. The highest BCUT2D eigenvalue weighted by molar-refractivity contribution is 7.13. The number of aromatic nitrogens is 1. The van der Waals surface area contributed by atoms with Crippen molar-refractivity contribution in [3.8, 4) is 0 Å². The van der Waals surface area contributed by atoms with Crippen molar-refractivity contribution < 1.29 is 14.3 Å². The van der Waals surface area contributed by atoms with Gasteiger partial charge in [-0.3, -0.25) is 0 Å². The minimum absolute atomic E-state index is 0.250. The van der Waals surface area contributed by atoms with Crippen LogP contribution in [0.1, 0.15) is 13.3 Å². The number of rotatable bonds is 3.